The number of aromatic nitrogens is 2. The van der Waals surface area contributed by atoms with Crippen LogP contribution in [0.15, 0.2) is 24.5 Å². The summed E-state index contributed by atoms with van der Waals surface area (Å²) < 4.78 is 14.6. The standard InChI is InChI=1S/C10H11FN2O/c1-7(14)5-13-6-12-9-4-8(11)2-3-10(9)13/h2-4,6-7,14H,5H2,1H3. The van der Waals surface area contributed by atoms with Crippen molar-refractivity contribution in [2.24, 2.45) is 0 Å². The second kappa shape index (κ2) is 3.38. The summed E-state index contributed by atoms with van der Waals surface area (Å²) >= 11 is 0. The number of benzene rings is 1. The first-order chi connectivity index (χ1) is 6.66. The number of hydrogen-bond acceptors (Lipinski definition) is 2. The largest absolute Gasteiger partial charge is 0.392 e. The molecule has 2 aromatic rings. The molecule has 0 aliphatic heterocycles. The van der Waals surface area contributed by atoms with E-state index in [1.807, 2.05) is 0 Å². The lowest BCUT2D eigenvalue weighted by Crippen LogP contribution is -2.10. The van der Waals surface area contributed by atoms with Crippen molar-refractivity contribution in [2.75, 3.05) is 0 Å². The van der Waals surface area contributed by atoms with Crippen molar-refractivity contribution in [3.8, 4) is 0 Å². The van der Waals surface area contributed by atoms with Gasteiger partial charge in [-0.3, -0.25) is 0 Å². The van der Waals surface area contributed by atoms with Crippen molar-refractivity contribution >= 4 is 11.0 Å². The van der Waals surface area contributed by atoms with E-state index in [2.05, 4.69) is 4.98 Å². The van der Waals surface area contributed by atoms with Crippen LogP contribution in [0.25, 0.3) is 11.0 Å². The van der Waals surface area contributed by atoms with Crippen LogP contribution in [0.2, 0.25) is 0 Å². The van der Waals surface area contributed by atoms with Crippen LogP contribution in [0, 0.1) is 5.82 Å². The Morgan fingerprint density at radius 3 is 3.07 bits per heavy atom. The summed E-state index contributed by atoms with van der Waals surface area (Å²) in [7, 11) is 0. The van der Waals surface area contributed by atoms with Gasteiger partial charge in [-0.25, -0.2) is 9.37 Å². The Morgan fingerprint density at radius 2 is 2.36 bits per heavy atom. The molecule has 1 atom stereocenters. The van der Waals surface area contributed by atoms with Gasteiger partial charge < -0.3 is 9.67 Å². The molecule has 1 heterocycles. The highest BCUT2D eigenvalue weighted by Crippen LogP contribution is 2.14. The van der Waals surface area contributed by atoms with Gasteiger partial charge in [-0.05, 0) is 19.1 Å². The molecule has 2 rings (SSSR count). The van der Waals surface area contributed by atoms with E-state index < -0.39 is 6.10 Å². The number of rotatable bonds is 2. The predicted molar refractivity (Wildman–Crippen MR) is 51.4 cm³/mol. The molecule has 0 aliphatic carbocycles. The van der Waals surface area contributed by atoms with Gasteiger partial charge in [-0.2, -0.15) is 0 Å². The molecule has 0 fully saturated rings. The summed E-state index contributed by atoms with van der Waals surface area (Å²) in [6.07, 6.45) is 1.18. The van der Waals surface area contributed by atoms with Crippen LogP contribution in [0.1, 0.15) is 6.92 Å². The van der Waals surface area contributed by atoms with Crippen molar-refractivity contribution < 1.29 is 9.50 Å². The van der Waals surface area contributed by atoms with Gasteiger partial charge >= 0.3 is 0 Å². The molecule has 3 nitrogen and oxygen atoms in total. The van der Waals surface area contributed by atoms with Gasteiger partial charge in [0.25, 0.3) is 0 Å². The topological polar surface area (TPSA) is 38.0 Å². The molecule has 14 heavy (non-hydrogen) atoms. The van der Waals surface area contributed by atoms with Crippen LogP contribution in [-0.2, 0) is 6.54 Å². The molecule has 0 radical (unpaired) electrons. The first-order valence-electron chi connectivity index (χ1n) is 4.45. The van der Waals surface area contributed by atoms with Crippen LogP contribution >= 0.6 is 0 Å². The monoisotopic (exact) mass is 194 g/mol. The minimum absolute atomic E-state index is 0.292. The third kappa shape index (κ3) is 1.61. The highest BCUT2D eigenvalue weighted by Gasteiger charge is 2.05. The average molecular weight is 194 g/mol. The Hall–Kier alpha value is -1.42. The molecule has 1 unspecified atom stereocenters. The molecule has 74 valence electrons. The number of aliphatic hydroxyl groups excluding tert-OH is 1. The molecule has 1 aromatic heterocycles. The molecule has 0 aliphatic rings. The van der Waals surface area contributed by atoms with Crippen molar-refractivity contribution in [1.82, 2.24) is 9.55 Å². The van der Waals surface area contributed by atoms with Crippen LogP contribution in [-0.4, -0.2) is 20.8 Å². The molecular weight excluding hydrogens is 183 g/mol. The Kier molecular flexibility index (Phi) is 2.21. The zero-order chi connectivity index (χ0) is 10.1. The summed E-state index contributed by atoms with van der Waals surface area (Å²) in [4.78, 5) is 4.04. The van der Waals surface area contributed by atoms with Crippen LogP contribution in [0.5, 0.6) is 0 Å². The Labute approximate surface area is 80.8 Å². The fourth-order valence-electron chi connectivity index (χ4n) is 1.47. The molecule has 1 N–H and O–H groups in total. The summed E-state index contributed by atoms with van der Waals surface area (Å²) in [5, 5.41) is 9.22. The minimum Gasteiger partial charge on any atom is -0.392 e. The number of hydrogen-bond donors (Lipinski definition) is 1. The SMILES string of the molecule is CC(O)Cn1cnc2cc(F)ccc21. The van der Waals surface area contributed by atoms with E-state index in [-0.39, 0.29) is 5.82 Å². The lowest BCUT2D eigenvalue weighted by Gasteiger charge is -2.05. The summed E-state index contributed by atoms with van der Waals surface area (Å²) in [5.41, 5.74) is 1.46. The zero-order valence-electron chi connectivity index (χ0n) is 7.81. The second-order valence-corrected chi connectivity index (χ2v) is 3.38. The third-order valence-corrected chi connectivity index (χ3v) is 2.04. The predicted octanol–water partition coefficient (Wildman–Crippen LogP) is 1.56. The molecule has 0 bridgehead atoms. The van der Waals surface area contributed by atoms with E-state index >= 15 is 0 Å². The molecule has 0 spiro atoms. The lowest BCUT2D eigenvalue weighted by molar-refractivity contribution is 0.175. The molecule has 0 saturated carbocycles. The van der Waals surface area contributed by atoms with Gasteiger partial charge in [0.05, 0.1) is 23.5 Å². The minimum atomic E-state index is -0.433. The Balaban J connectivity index is 2.47. The van der Waals surface area contributed by atoms with Gasteiger partial charge in [0.15, 0.2) is 0 Å². The molecule has 1 aromatic carbocycles. The van der Waals surface area contributed by atoms with Crippen molar-refractivity contribution in [1.29, 1.82) is 0 Å². The fraction of sp³-hybridized carbons (Fsp3) is 0.300. The molecule has 0 saturated heterocycles. The normalized spacial score (nSPS) is 13.4. The van der Waals surface area contributed by atoms with Crippen molar-refractivity contribution in [3.05, 3.63) is 30.3 Å². The zero-order valence-corrected chi connectivity index (χ0v) is 7.81. The van der Waals surface area contributed by atoms with E-state index in [1.54, 1.807) is 23.9 Å². The number of imidazole rings is 1. The second-order valence-electron chi connectivity index (χ2n) is 3.38. The smallest absolute Gasteiger partial charge is 0.125 e. The van der Waals surface area contributed by atoms with Crippen LogP contribution in [0.3, 0.4) is 0 Å². The van der Waals surface area contributed by atoms with Gasteiger partial charge in [0.1, 0.15) is 5.82 Å². The van der Waals surface area contributed by atoms with Gasteiger partial charge in [0, 0.05) is 12.6 Å². The lowest BCUT2D eigenvalue weighted by atomic mass is 10.3. The molecular formula is C10H11FN2O. The Morgan fingerprint density at radius 1 is 1.57 bits per heavy atom. The van der Waals surface area contributed by atoms with E-state index in [0.29, 0.717) is 12.1 Å². The summed E-state index contributed by atoms with van der Waals surface area (Å²) in [5.74, 6) is -0.292. The average Bonchev–Trinajstić information content (AvgIpc) is 2.47. The third-order valence-electron chi connectivity index (χ3n) is 2.04. The van der Waals surface area contributed by atoms with Crippen molar-refractivity contribution in [2.45, 2.75) is 19.6 Å². The fourth-order valence-corrected chi connectivity index (χ4v) is 1.47. The van der Waals surface area contributed by atoms with Crippen LogP contribution in [0.4, 0.5) is 4.39 Å². The van der Waals surface area contributed by atoms with E-state index in [1.165, 1.54) is 12.1 Å². The van der Waals surface area contributed by atoms with E-state index in [4.69, 9.17) is 0 Å². The number of aliphatic hydroxyl groups is 1. The highest BCUT2D eigenvalue weighted by molar-refractivity contribution is 5.75. The van der Waals surface area contributed by atoms with Gasteiger partial charge in [-0.15, -0.1) is 0 Å². The maximum absolute atomic E-state index is 12.8. The van der Waals surface area contributed by atoms with Gasteiger partial charge in [-0.1, -0.05) is 0 Å². The quantitative estimate of drug-likeness (QED) is 0.787. The number of fused-ring (bicyclic) bond motifs is 1. The molecule has 0 amide bonds. The first-order valence-corrected chi connectivity index (χ1v) is 4.45. The molecule has 4 heteroatoms. The maximum Gasteiger partial charge on any atom is 0.125 e. The summed E-state index contributed by atoms with van der Waals surface area (Å²) in [6.45, 7) is 2.18. The number of halogens is 1. The Bertz CT molecular complexity index is 450. The van der Waals surface area contributed by atoms with Gasteiger partial charge in [0.2, 0.25) is 0 Å². The highest BCUT2D eigenvalue weighted by atomic mass is 19.1. The first kappa shape index (κ1) is 9.15. The van der Waals surface area contributed by atoms with E-state index in [9.17, 15) is 9.50 Å². The van der Waals surface area contributed by atoms with Crippen LogP contribution < -0.4 is 0 Å². The maximum atomic E-state index is 12.8. The summed E-state index contributed by atoms with van der Waals surface area (Å²) in [6, 6.07) is 4.44. The number of nitrogens with zero attached hydrogens (tertiary/aromatic N) is 2. The van der Waals surface area contributed by atoms with E-state index in [0.717, 1.165) is 5.52 Å². The van der Waals surface area contributed by atoms with Crippen molar-refractivity contribution in [3.63, 3.8) is 0 Å².